The van der Waals surface area contributed by atoms with E-state index < -0.39 is 24.3 Å². The Morgan fingerprint density at radius 1 is 0.545 bits per heavy atom. The number of hydrogen-bond acceptors (Lipinski definition) is 26. The maximum atomic E-state index is 11.6. The summed E-state index contributed by atoms with van der Waals surface area (Å²) in [6.45, 7) is 82.5. The van der Waals surface area contributed by atoms with Crippen LogP contribution in [0.15, 0.2) is 83.6 Å². The van der Waals surface area contributed by atoms with Gasteiger partial charge in [-0.05, 0) is 202 Å². The average Bonchev–Trinajstić information content (AvgIpc) is 1.70. The minimum atomic E-state index is -2.74. The van der Waals surface area contributed by atoms with Gasteiger partial charge < -0.3 is 56.0 Å². The van der Waals surface area contributed by atoms with Crippen LogP contribution in [0.4, 0.5) is 9.59 Å². The van der Waals surface area contributed by atoms with Gasteiger partial charge in [-0.15, -0.1) is 10.2 Å². The van der Waals surface area contributed by atoms with Crippen molar-refractivity contribution in [1.29, 1.82) is 0 Å². The van der Waals surface area contributed by atoms with E-state index in [0.717, 1.165) is 75.6 Å². The van der Waals surface area contributed by atoms with E-state index in [2.05, 4.69) is 122 Å². The van der Waals surface area contributed by atoms with E-state index in [9.17, 15) is 51.1 Å². The number of carbonyl (C=O) groups is 5. The van der Waals surface area contributed by atoms with E-state index in [-0.39, 0.29) is 94.4 Å². The lowest BCUT2D eigenvalue weighted by atomic mass is 10.0. The Labute approximate surface area is 823 Å². The minimum Gasteiger partial charge on any atom is -0.472 e. The lowest BCUT2D eigenvalue weighted by Crippen LogP contribution is -2.37. The molecule has 10 rings (SSSR count). The number of terminal acetylenes is 1. The molecule has 0 aromatic carbocycles. The number of urea groups is 2. The van der Waals surface area contributed by atoms with Gasteiger partial charge in [-0.1, -0.05) is 138 Å². The predicted octanol–water partition coefficient (Wildman–Crippen LogP) is 19.5. The van der Waals surface area contributed by atoms with Gasteiger partial charge in [0.05, 0.1) is 68.3 Å². The minimum absolute atomic E-state index is 0.0222. The van der Waals surface area contributed by atoms with Gasteiger partial charge in [0.25, 0.3) is 5.91 Å². The van der Waals surface area contributed by atoms with Crippen molar-refractivity contribution in [2.45, 2.75) is 326 Å². The first-order valence-electron chi connectivity index (χ1n) is 45.4. The number of sulfone groups is 1. The van der Waals surface area contributed by atoms with Crippen molar-refractivity contribution >= 4 is 123 Å². The van der Waals surface area contributed by atoms with Crippen molar-refractivity contribution in [1.82, 2.24) is 84.8 Å². The first-order valence-corrected chi connectivity index (χ1v) is 54.2. The molecule has 134 heavy (non-hydrogen) atoms. The number of rotatable bonds is 19. The topological polar surface area (TPSA) is 386 Å². The second-order valence-corrected chi connectivity index (χ2v) is 47.2. The number of thiocarbonyl (C=S) groups is 4. The van der Waals surface area contributed by atoms with Gasteiger partial charge in [0.15, 0.2) is 28.5 Å². The van der Waals surface area contributed by atoms with Gasteiger partial charge in [0, 0.05) is 146 Å². The van der Waals surface area contributed by atoms with E-state index in [1.165, 1.54) is 41.8 Å². The number of nitrogens with one attached hydrogen (secondary N) is 2. The molecule has 10 heterocycles. The van der Waals surface area contributed by atoms with Crippen molar-refractivity contribution in [3.05, 3.63) is 128 Å². The van der Waals surface area contributed by atoms with E-state index in [0.29, 0.717) is 71.4 Å². The highest BCUT2D eigenvalue weighted by Crippen LogP contribution is 2.41. The molecule has 0 bridgehead atoms. The van der Waals surface area contributed by atoms with Crippen LogP contribution in [0.1, 0.15) is 308 Å². The van der Waals surface area contributed by atoms with Gasteiger partial charge >= 0.3 is 12.1 Å². The maximum Gasteiger partial charge on any atom is 0.327 e. The molecule has 6 aromatic rings. The van der Waals surface area contributed by atoms with Crippen LogP contribution in [0.25, 0.3) is 0 Å². The predicted molar refractivity (Wildman–Crippen MR) is 559 cm³/mol. The third-order valence-corrected chi connectivity index (χ3v) is 25.8. The monoisotopic (exact) mass is 2010 g/mol. The number of carbonyl (C=O) groups excluding carboxylic acids is 5. The molecule has 0 spiro atoms. The highest BCUT2D eigenvalue weighted by molar-refractivity contribution is 7.91. The Balaban J connectivity index is -0.000000682. The molecule has 4 aliphatic rings. The highest BCUT2D eigenvalue weighted by atomic mass is 32.2. The van der Waals surface area contributed by atoms with Gasteiger partial charge in [0.1, 0.15) is 68.9 Å². The molecule has 0 radical (unpaired) electrons. The van der Waals surface area contributed by atoms with Crippen molar-refractivity contribution < 1.29 is 63.9 Å². The first kappa shape index (κ1) is 132. The van der Waals surface area contributed by atoms with Crippen LogP contribution in [0.3, 0.4) is 0 Å². The number of aromatic nitrogens is 8. The Kier molecular flexibility index (Phi) is 64.9. The molecule has 2 N–H and O–H groups in total. The molecule has 4 saturated heterocycles. The normalized spacial score (nSPS) is 13.5. The van der Waals surface area contributed by atoms with Crippen LogP contribution in [0.2, 0.25) is 0 Å². The first-order chi connectivity index (χ1) is 61.5. The van der Waals surface area contributed by atoms with Crippen LogP contribution < -0.4 is 16.2 Å². The van der Waals surface area contributed by atoms with Crippen LogP contribution in [0.5, 0.6) is 0 Å². The van der Waals surface area contributed by atoms with Crippen LogP contribution >= 0.6 is 63.4 Å². The second-order valence-electron chi connectivity index (χ2n) is 36.3. The lowest BCUT2D eigenvalue weighted by molar-refractivity contribution is -0.127. The summed E-state index contributed by atoms with van der Waals surface area (Å²) in [5, 5.41) is 24.9. The van der Waals surface area contributed by atoms with E-state index in [1.807, 2.05) is 171 Å². The van der Waals surface area contributed by atoms with Gasteiger partial charge in [0.2, 0.25) is 11.8 Å². The molecule has 4 aliphatic heterocycles. The number of amides is 7. The lowest BCUT2D eigenvalue weighted by Gasteiger charge is -2.23. The molecular formula is C94H165N17O16P2S5. The van der Waals surface area contributed by atoms with E-state index in [1.54, 1.807) is 99.5 Å². The van der Waals surface area contributed by atoms with Crippen molar-refractivity contribution in [2.75, 3.05) is 85.3 Å². The number of nitrogens with zero attached hydrogens (tertiary/aromatic N) is 15. The summed E-state index contributed by atoms with van der Waals surface area (Å²) in [5.41, 5.74) is 5.77. The van der Waals surface area contributed by atoms with Gasteiger partial charge in [-0.2, -0.15) is 5.10 Å². The summed E-state index contributed by atoms with van der Waals surface area (Å²) >= 11 is 20.8. The molecule has 0 saturated carbocycles. The smallest absolute Gasteiger partial charge is 0.327 e. The van der Waals surface area contributed by atoms with Crippen LogP contribution in [-0.4, -0.2) is 264 Å². The molecule has 4 fully saturated rings. The number of H-pyrrole nitrogens is 1. The van der Waals surface area contributed by atoms with Crippen molar-refractivity contribution in [3.8, 4) is 12.5 Å². The third-order valence-electron chi connectivity index (χ3n) is 19.1. The quantitative estimate of drug-likeness (QED) is 0.0250. The van der Waals surface area contributed by atoms with E-state index in [4.69, 9.17) is 77.7 Å². The Hall–Kier alpha value is -8.56. The second kappa shape index (κ2) is 66.0. The third kappa shape index (κ3) is 52.7. The molecule has 0 unspecified atom stereocenters. The number of aromatic amines is 1. The molecular weight excluding hydrogens is 1850 g/mol. The SMILES string of the molecule is C#CNC(=O)C(C)C.CC(C)OP(C)(C)=O.CC(C)P(C)(C)=O.CC(C)S(C)(=O)=O.CC(C)c1ncn[nH]1.CC(C)n1cnnc1.CCN1CC(=O)N(C(C)C)C1=O.CCN1CC(=O)N(C(C)C)C1=S.CCN1CC(=S)N(C(C)C)C1=O.CCN1CC(=S)N(C(C)C)C1=S.Cc1cc(C(C)C)on1.Cc1coc(C(C)C)cc1=O.Cc1cocc(C(C)C)c1=O.Cc1nocc1C(C)C. The fraction of sp³-hybridized carbons (Fsp3) is 0.670. The van der Waals surface area contributed by atoms with E-state index >= 15 is 0 Å². The van der Waals surface area contributed by atoms with Crippen molar-refractivity contribution in [3.63, 3.8) is 0 Å². The van der Waals surface area contributed by atoms with Crippen LogP contribution in [-0.2, 0) is 37.9 Å². The fourth-order valence-electron chi connectivity index (χ4n) is 10.2. The summed E-state index contributed by atoms with van der Waals surface area (Å²) < 4.78 is 69.2. The largest absolute Gasteiger partial charge is 0.472 e. The van der Waals surface area contributed by atoms with Crippen molar-refractivity contribution in [2.24, 2.45) is 5.92 Å². The van der Waals surface area contributed by atoms with Crippen LogP contribution in [0, 0.1) is 46.1 Å². The summed E-state index contributed by atoms with van der Waals surface area (Å²) in [6.07, 6.45) is 17.3. The zero-order valence-electron chi connectivity index (χ0n) is 88.2. The Morgan fingerprint density at radius 2 is 0.970 bits per heavy atom. The highest BCUT2D eigenvalue weighted by Gasteiger charge is 2.37. The zero-order chi connectivity index (χ0) is 105. The summed E-state index contributed by atoms with van der Waals surface area (Å²) in [4.78, 5) is 98.2. The average molecular weight is 2010 g/mol. The summed E-state index contributed by atoms with van der Waals surface area (Å²) in [6, 6.07) is 6.67. The number of aryl methyl sites for hydroxylation is 4. The molecule has 0 aliphatic carbocycles. The zero-order valence-corrected chi connectivity index (χ0v) is 94.1. The number of likely N-dealkylation sites (N-methyl/N-ethyl adjacent to an activating group) is 4. The molecule has 40 heteroatoms. The molecule has 33 nitrogen and oxygen atoms in total. The summed E-state index contributed by atoms with van der Waals surface area (Å²) in [7, 11) is -6.70. The fourth-order valence-corrected chi connectivity index (χ4v) is 13.2. The number of hydrogen-bond donors (Lipinski definition) is 2. The number of imide groups is 1. The molecule has 0 atom stereocenters. The maximum absolute atomic E-state index is 11.6. The Bertz CT molecular complexity index is 4620. The van der Waals surface area contributed by atoms with Gasteiger partial charge in [-0.25, -0.2) is 23.0 Å². The van der Waals surface area contributed by atoms with Gasteiger partial charge in [-0.3, -0.25) is 53.7 Å². The molecule has 6 aromatic heterocycles. The molecule has 7 amide bonds. The standard InChI is InChI=1S/2C9H12O2.C8H14N2O2.2C8H14N2OS.C8H14N2S2.2C7H11NO.C6H9NO.2C5H9N3.C5H13O2P.C5H13OP.C4H10O2S/c1-6(2)9-4-8(10)7(3)5-11-9;1-6(2)8-5-11-4-7(3)9(8)10;1-4-9-5-7(11)10(6(2)3)8(9)12;1-4-9-5-7(12)10(6(2)3)8(9)11;2*1-4-9-5-7(11)10(6(2)3)8(9)12;1-5(2)7-4-9-8-6(7)3;1-5(2)7-4-6(3)8-9-7;1-4-7-6(8)5(2)3;1-5(2)8-3-6-7-4-8;1-4(2)5-6-3-7-8-5;1-5(2)7-8(3,4)6;1-5(2)7(3,4)6;1-4(2)7(3,5)6/h2*4-6H,1-3H3;4*6H,4-5H2,1-3H3;2*4-5H,1-3H3;1,5H,2-3H3,(H,7,8);3-5H,1-2H3;3-4H,1-2H3,(H,6,7,8);5H,1-4H3;5H,1-4H3;4H,1-3H3. The molecule has 762 valence electrons. The summed E-state index contributed by atoms with van der Waals surface area (Å²) in [5.74, 6) is 4.53. The Morgan fingerprint density at radius 3 is 1.20 bits per heavy atom.